The Morgan fingerprint density at radius 2 is 1.92 bits per heavy atom. The van der Waals surface area contributed by atoms with Crippen LogP contribution in [0.4, 0.5) is 0 Å². The number of methoxy groups -OCH3 is 1. The summed E-state index contributed by atoms with van der Waals surface area (Å²) < 4.78 is 8.84. The largest absolute Gasteiger partial charge is 0.466 e. The highest BCUT2D eigenvalue weighted by atomic mass is 31.2. The second-order valence-electron chi connectivity index (χ2n) is 3.35. The highest BCUT2D eigenvalue weighted by molar-refractivity contribution is 7.64. The lowest BCUT2D eigenvalue weighted by Crippen LogP contribution is -1.94. The molecule has 0 aliphatic heterocycles. The fourth-order valence-corrected chi connectivity index (χ4v) is 1.74. The molecule has 0 N–H and O–H groups in total. The van der Waals surface area contributed by atoms with E-state index in [0.29, 0.717) is 0 Å². The first-order valence-corrected chi connectivity index (χ1v) is 6.74. The lowest BCUT2D eigenvalue weighted by molar-refractivity contribution is -0.134. The highest BCUT2D eigenvalue weighted by Gasteiger charge is 1.98. The molecule has 0 atom stereocenters. The number of ether oxygens (including phenoxy) is 1. The molecule has 0 aromatic carbocycles. The van der Waals surface area contributed by atoms with Crippen LogP contribution >= 0.6 is 7.05 Å². The molecule has 0 heterocycles. The molecule has 12 heavy (non-hydrogen) atoms. The third-order valence-electron chi connectivity index (χ3n) is 0.986. The highest BCUT2D eigenvalue weighted by Crippen LogP contribution is 2.37. The van der Waals surface area contributed by atoms with E-state index in [-0.39, 0.29) is 5.97 Å². The molecule has 0 aliphatic rings. The van der Waals surface area contributed by atoms with E-state index in [9.17, 15) is 4.79 Å². The molecule has 0 aliphatic carbocycles. The first kappa shape index (κ1) is 11.4. The molecule has 0 unspecified atom stereocenters. The van der Waals surface area contributed by atoms with Gasteiger partial charge in [0.15, 0.2) is 0 Å². The molecule has 0 spiro atoms. The number of allylic oxidation sites excluding steroid dienone is 1. The number of rotatable bonds is 2. The van der Waals surface area contributed by atoms with Gasteiger partial charge in [0.1, 0.15) is 0 Å². The predicted octanol–water partition coefficient (Wildman–Crippen LogP) is 2.15. The molecular formula is C8H16NO2P. The van der Waals surface area contributed by atoms with Crippen molar-refractivity contribution < 1.29 is 9.53 Å². The maximum atomic E-state index is 10.8. The van der Waals surface area contributed by atoms with E-state index in [1.165, 1.54) is 13.2 Å². The van der Waals surface area contributed by atoms with Crippen molar-refractivity contribution in [3.63, 3.8) is 0 Å². The average molecular weight is 189 g/mol. The molecule has 0 rings (SSSR count). The molecule has 0 aromatic heterocycles. The summed E-state index contributed by atoms with van der Waals surface area (Å²) in [6, 6.07) is 0. The van der Waals surface area contributed by atoms with E-state index in [0.717, 1.165) is 5.70 Å². The normalized spacial score (nSPS) is 12.6. The maximum absolute atomic E-state index is 10.8. The summed E-state index contributed by atoms with van der Waals surface area (Å²) in [6.45, 7) is 8.06. The van der Waals surface area contributed by atoms with Crippen molar-refractivity contribution in [2.24, 2.45) is 4.74 Å². The van der Waals surface area contributed by atoms with Gasteiger partial charge in [0.05, 0.1) is 7.11 Å². The predicted molar refractivity (Wildman–Crippen MR) is 52.9 cm³/mol. The van der Waals surface area contributed by atoms with Gasteiger partial charge >= 0.3 is 5.97 Å². The van der Waals surface area contributed by atoms with E-state index in [1.54, 1.807) is 0 Å². The molecule has 70 valence electrons. The van der Waals surface area contributed by atoms with Crippen LogP contribution in [-0.2, 0) is 9.53 Å². The fraction of sp³-hybridized carbons (Fsp3) is 0.625. The van der Waals surface area contributed by atoms with Crippen LogP contribution in [0.5, 0.6) is 0 Å². The van der Waals surface area contributed by atoms with Crippen molar-refractivity contribution in [3.05, 3.63) is 11.8 Å². The van der Waals surface area contributed by atoms with E-state index >= 15 is 0 Å². The Morgan fingerprint density at radius 3 is 2.25 bits per heavy atom. The molecular weight excluding hydrogens is 173 g/mol. The Morgan fingerprint density at radius 1 is 1.42 bits per heavy atom. The van der Waals surface area contributed by atoms with Gasteiger partial charge in [-0.1, -0.05) is 0 Å². The minimum Gasteiger partial charge on any atom is -0.466 e. The molecule has 0 aromatic rings. The third-order valence-corrected chi connectivity index (χ3v) is 1.90. The fourth-order valence-electron chi connectivity index (χ4n) is 0.732. The zero-order valence-electron chi connectivity index (χ0n) is 8.29. The van der Waals surface area contributed by atoms with Gasteiger partial charge in [0, 0.05) is 11.8 Å². The number of carbonyl (C=O) groups is 1. The first-order chi connectivity index (χ1) is 5.35. The van der Waals surface area contributed by atoms with Gasteiger partial charge in [0.25, 0.3) is 0 Å². The second kappa shape index (κ2) is 4.46. The van der Waals surface area contributed by atoms with E-state index in [4.69, 9.17) is 0 Å². The molecule has 4 heteroatoms. The maximum Gasteiger partial charge on any atom is 0.332 e. The van der Waals surface area contributed by atoms with Gasteiger partial charge in [-0.15, -0.1) is 0 Å². The van der Waals surface area contributed by atoms with E-state index < -0.39 is 7.05 Å². The summed E-state index contributed by atoms with van der Waals surface area (Å²) >= 11 is 0. The summed E-state index contributed by atoms with van der Waals surface area (Å²) in [5.41, 5.74) is 0.739. The van der Waals surface area contributed by atoms with Gasteiger partial charge < -0.3 is 4.74 Å². The quantitative estimate of drug-likeness (QED) is 0.379. The van der Waals surface area contributed by atoms with Crippen LogP contribution in [0.15, 0.2) is 16.5 Å². The number of hydrogen-bond acceptors (Lipinski definition) is 3. The van der Waals surface area contributed by atoms with Crippen LogP contribution in [0.1, 0.15) is 6.92 Å². The average Bonchev–Trinajstić information content (AvgIpc) is 1.82. The van der Waals surface area contributed by atoms with Crippen LogP contribution in [0.3, 0.4) is 0 Å². The van der Waals surface area contributed by atoms with Gasteiger partial charge in [-0.05, 0) is 34.0 Å². The Bertz CT molecular complexity index is 242. The van der Waals surface area contributed by atoms with Gasteiger partial charge in [0.2, 0.25) is 0 Å². The SMILES string of the molecule is COC(=O)/C=C(\C)N=P(C)(C)C. The van der Waals surface area contributed by atoms with Crippen LogP contribution < -0.4 is 0 Å². The number of carbonyl (C=O) groups excluding carboxylic acids is 1. The summed E-state index contributed by atoms with van der Waals surface area (Å²) in [4.78, 5) is 10.8. The monoisotopic (exact) mass is 189 g/mol. The summed E-state index contributed by atoms with van der Waals surface area (Å²) in [5.74, 6) is -0.343. The lowest BCUT2D eigenvalue weighted by Gasteiger charge is -2.05. The minimum atomic E-state index is -1.19. The Hall–Kier alpha value is -0.560. The number of esters is 1. The molecule has 0 bridgehead atoms. The molecule has 3 nitrogen and oxygen atoms in total. The number of hydrogen-bond donors (Lipinski definition) is 0. The zero-order chi connectivity index (χ0) is 9.78. The lowest BCUT2D eigenvalue weighted by atomic mass is 10.4. The number of nitrogens with zero attached hydrogens (tertiary/aromatic N) is 1. The van der Waals surface area contributed by atoms with Crippen molar-refractivity contribution in [2.45, 2.75) is 6.92 Å². The molecule has 0 radical (unpaired) electrons. The van der Waals surface area contributed by atoms with Crippen molar-refractivity contribution in [1.82, 2.24) is 0 Å². The van der Waals surface area contributed by atoms with Crippen LogP contribution in [0, 0.1) is 0 Å². The van der Waals surface area contributed by atoms with Crippen LogP contribution in [-0.4, -0.2) is 33.1 Å². The van der Waals surface area contributed by atoms with Crippen LogP contribution in [0.2, 0.25) is 0 Å². The summed E-state index contributed by atoms with van der Waals surface area (Å²) in [7, 11) is 0.170. The topological polar surface area (TPSA) is 38.7 Å². The Kier molecular flexibility index (Phi) is 4.25. The molecule has 0 saturated carbocycles. The second-order valence-corrected chi connectivity index (χ2v) is 7.43. The standard InChI is InChI=1S/C8H16NO2P/c1-7(6-8(10)11-2)9-12(3,4)5/h6H,1-5H3/b7-6+. The third kappa shape index (κ3) is 6.17. The van der Waals surface area contributed by atoms with Gasteiger partial charge in [-0.25, -0.2) is 4.79 Å². The minimum absolute atomic E-state index is 0.343. The van der Waals surface area contributed by atoms with E-state index in [1.807, 2.05) is 6.92 Å². The van der Waals surface area contributed by atoms with Crippen molar-refractivity contribution in [2.75, 3.05) is 27.1 Å². The summed E-state index contributed by atoms with van der Waals surface area (Å²) in [5, 5.41) is 0. The first-order valence-electron chi connectivity index (χ1n) is 3.66. The Balaban J connectivity index is 4.52. The van der Waals surface area contributed by atoms with Crippen molar-refractivity contribution >= 4 is 13.0 Å². The van der Waals surface area contributed by atoms with Crippen molar-refractivity contribution in [3.8, 4) is 0 Å². The van der Waals surface area contributed by atoms with Gasteiger partial charge in [-0.3, -0.25) is 4.74 Å². The smallest absolute Gasteiger partial charge is 0.332 e. The summed E-state index contributed by atoms with van der Waals surface area (Å²) in [6.07, 6.45) is 1.41. The Labute approximate surface area is 73.9 Å². The van der Waals surface area contributed by atoms with Crippen LogP contribution in [0.25, 0.3) is 0 Å². The van der Waals surface area contributed by atoms with Gasteiger partial charge in [-0.2, -0.15) is 0 Å². The molecule has 0 amide bonds. The van der Waals surface area contributed by atoms with Crippen molar-refractivity contribution in [1.29, 1.82) is 0 Å². The van der Waals surface area contributed by atoms with E-state index in [2.05, 4.69) is 29.5 Å². The molecule has 0 saturated heterocycles. The zero-order valence-corrected chi connectivity index (χ0v) is 9.18. The molecule has 0 fully saturated rings.